The lowest BCUT2D eigenvalue weighted by Gasteiger charge is -2.12. The number of carbonyl (C=O) groups excluding carboxylic acids is 3. The van der Waals surface area contributed by atoms with Crippen LogP contribution in [-0.4, -0.2) is 28.5 Å². The number of nitrogens with zero attached hydrogens (tertiary/aromatic N) is 1. The minimum absolute atomic E-state index is 0.0265. The highest BCUT2D eigenvalue weighted by Gasteiger charge is 2.36. The number of imide groups is 1. The Hall–Kier alpha value is -3.00. The van der Waals surface area contributed by atoms with Crippen LogP contribution in [0, 0.1) is 11.6 Å². The lowest BCUT2D eigenvalue weighted by atomic mass is 10.2. The van der Waals surface area contributed by atoms with Crippen molar-refractivity contribution in [3.8, 4) is 0 Å². The van der Waals surface area contributed by atoms with Gasteiger partial charge in [-0.05, 0) is 42.1 Å². The van der Waals surface area contributed by atoms with Crippen LogP contribution in [0.3, 0.4) is 0 Å². The van der Waals surface area contributed by atoms with Gasteiger partial charge in [0.1, 0.15) is 18.2 Å². The molecule has 1 N–H and O–H groups in total. The summed E-state index contributed by atoms with van der Waals surface area (Å²) in [5, 5.41) is 1.78. The highest BCUT2D eigenvalue weighted by molar-refractivity contribution is 8.18. The SMILES string of the molecule is O=C(CN1C(=O)S/C(=C/c2ccccc2F)C1=O)Nc1cccc(F)c1. The number of rotatable bonds is 4. The molecular weight excluding hydrogens is 362 g/mol. The predicted molar refractivity (Wildman–Crippen MR) is 94.1 cm³/mol. The zero-order chi connectivity index (χ0) is 18.7. The van der Waals surface area contributed by atoms with E-state index in [0.29, 0.717) is 11.8 Å². The lowest BCUT2D eigenvalue weighted by Crippen LogP contribution is -2.36. The zero-order valence-electron chi connectivity index (χ0n) is 13.2. The van der Waals surface area contributed by atoms with E-state index in [2.05, 4.69) is 5.32 Å². The van der Waals surface area contributed by atoms with Gasteiger partial charge < -0.3 is 5.32 Å². The summed E-state index contributed by atoms with van der Waals surface area (Å²) in [6.07, 6.45) is 1.27. The average Bonchev–Trinajstić information content (AvgIpc) is 2.84. The molecule has 1 heterocycles. The molecule has 3 rings (SSSR count). The van der Waals surface area contributed by atoms with Gasteiger partial charge in [0.05, 0.1) is 4.91 Å². The number of amides is 3. The Morgan fingerprint density at radius 2 is 1.88 bits per heavy atom. The van der Waals surface area contributed by atoms with Crippen molar-refractivity contribution in [1.29, 1.82) is 0 Å². The molecule has 3 amide bonds. The summed E-state index contributed by atoms with van der Waals surface area (Å²) >= 11 is 0.628. The van der Waals surface area contributed by atoms with Crippen molar-refractivity contribution in [3.63, 3.8) is 0 Å². The number of anilines is 1. The Labute approximate surface area is 151 Å². The normalized spacial score (nSPS) is 15.6. The van der Waals surface area contributed by atoms with Crippen LogP contribution >= 0.6 is 11.8 Å². The van der Waals surface area contributed by atoms with Gasteiger partial charge >= 0.3 is 0 Å². The molecule has 8 heteroatoms. The van der Waals surface area contributed by atoms with E-state index < -0.39 is 35.2 Å². The van der Waals surface area contributed by atoms with E-state index in [1.807, 2.05) is 0 Å². The molecular formula is C18H12F2N2O3S. The second-order valence-corrected chi connectivity index (χ2v) is 6.34. The van der Waals surface area contributed by atoms with Crippen LogP contribution in [0.4, 0.5) is 19.3 Å². The molecule has 0 atom stereocenters. The largest absolute Gasteiger partial charge is 0.324 e. The Balaban J connectivity index is 1.71. The summed E-state index contributed by atoms with van der Waals surface area (Å²) in [4.78, 5) is 37.1. The summed E-state index contributed by atoms with van der Waals surface area (Å²) in [6.45, 7) is -0.518. The van der Waals surface area contributed by atoms with Crippen LogP contribution in [-0.2, 0) is 9.59 Å². The number of carbonyl (C=O) groups is 3. The third kappa shape index (κ3) is 3.97. The maximum absolute atomic E-state index is 13.7. The molecule has 0 saturated carbocycles. The molecule has 1 aliphatic heterocycles. The molecule has 0 radical (unpaired) electrons. The quantitative estimate of drug-likeness (QED) is 0.830. The Bertz CT molecular complexity index is 930. The highest BCUT2D eigenvalue weighted by atomic mass is 32.2. The lowest BCUT2D eigenvalue weighted by molar-refractivity contribution is -0.127. The zero-order valence-corrected chi connectivity index (χ0v) is 14.1. The van der Waals surface area contributed by atoms with Gasteiger partial charge in [0.25, 0.3) is 11.1 Å². The van der Waals surface area contributed by atoms with Gasteiger partial charge in [-0.1, -0.05) is 24.3 Å². The van der Waals surface area contributed by atoms with Gasteiger partial charge in [-0.2, -0.15) is 0 Å². The van der Waals surface area contributed by atoms with E-state index in [4.69, 9.17) is 0 Å². The molecule has 5 nitrogen and oxygen atoms in total. The van der Waals surface area contributed by atoms with Gasteiger partial charge in [-0.25, -0.2) is 8.78 Å². The molecule has 0 bridgehead atoms. The van der Waals surface area contributed by atoms with Crippen molar-refractivity contribution in [2.75, 3.05) is 11.9 Å². The summed E-state index contributed by atoms with van der Waals surface area (Å²) in [7, 11) is 0. The Kier molecular flexibility index (Phi) is 5.13. The van der Waals surface area contributed by atoms with Crippen molar-refractivity contribution in [3.05, 3.63) is 70.6 Å². The topological polar surface area (TPSA) is 66.5 Å². The van der Waals surface area contributed by atoms with Gasteiger partial charge in [-0.15, -0.1) is 0 Å². The molecule has 1 saturated heterocycles. The number of halogens is 2. The monoisotopic (exact) mass is 374 g/mol. The van der Waals surface area contributed by atoms with Crippen LogP contribution in [0.1, 0.15) is 5.56 Å². The number of benzene rings is 2. The van der Waals surface area contributed by atoms with Gasteiger partial charge in [0, 0.05) is 11.3 Å². The fourth-order valence-electron chi connectivity index (χ4n) is 2.28. The van der Waals surface area contributed by atoms with Crippen LogP contribution in [0.25, 0.3) is 6.08 Å². The maximum Gasteiger partial charge on any atom is 0.294 e. The first-order chi connectivity index (χ1) is 12.4. The minimum atomic E-state index is -0.683. The maximum atomic E-state index is 13.7. The number of hydrogen-bond donors (Lipinski definition) is 1. The number of nitrogens with one attached hydrogen (secondary N) is 1. The first-order valence-electron chi connectivity index (χ1n) is 7.49. The molecule has 1 fully saturated rings. The van der Waals surface area contributed by atoms with E-state index in [-0.39, 0.29) is 16.2 Å². The average molecular weight is 374 g/mol. The third-order valence-corrected chi connectivity index (χ3v) is 4.38. The molecule has 1 aliphatic rings. The molecule has 0 unspecified atom stereocenters. The van der Waals surface area contributed by atoms with Crippen LogP contribution < -0.4 is 5.32 Å². The van der Waals surface area contributed by atoms with E-state index in [9.17, 15) is 23.2 Å². The fraction of sp³-hybridized carbons (Fsp3) is 0.0556. The summed E-state index contributed by atoms with van der Waals surface area (Å²) in [6, 6.07) is 11.1. The molecule has 0 aromatic heterocycles. The molecule has 26 heavy (non-hydrogen) atoms. The highest BCUT2D eigenvalue weighted by Crippen LogP contribution is 2.32. The van der Waals surface area contributed by atoms with Crippen molar-refractivity contribution >= 4 is 40.6 Å². The first-order valence-corrected chi connectivity index (χ1v) is 8.31. The minimum Gasteiger partial charge on any atom is -0.324 e. The molecule has 2 aromatic carbocycles. The van der Waals surface area contributed by atoms with E-state index >= 15 is 0 Å². The molecule has 0 spiro atoms. The fourth-order valence-corrected chi connectivity index (χ4v) is 3.11. The summed E-state index contributed by atoms with van der Waals surface area (Å²) in [5.74, 6) is -2.38. The third-order valence-electron chi connectivity index (χ3n) is 3.48. The molecule has 0 aliphatic carbocycles. The van der Waals surface area contributed by atoms with E-state index in [0.717, 1.165) is 11.0 Å². The predicted octanol–water partition coefficient (Wildman–Crippen LogP) is 3.64. The molecule has 2 aromatic rings. The van der Waals surface area contributed by atoms with Crippen molar-refractivity contribution in [1.82, 2.24) is 4.90 Å². The van der Waals surface area contributed by atoms with E-state index in [1.165, 1.54) is 42.5 Å². The molecule has 132 valence electrons. The van der Waals surface area contributed by atoms with Crippen molar-refractivity contribution in [2.45, 2.75) is 0 Å². The Morgan fingerprint density at radius 3 is 2.62 bits per heavy atom. The summed E-state index contributed by atoms with van der Waals surface area (Å²) in [5.41, 5.74) is 0.381. The first kappa shape index (κ1) is 17.8. The summed E-state index contributed by atoms with van der Waals surface area (Å²) < 4.78 is 26.8. The van der Waals surface area contributed by atoms with Gasteiger partial charge in [0.2, 0.25) is 5.91 Å². The second-order valence-electron chi connectivity index (χ2n) is 5.35. The standard InChI is InChI=1S/C18H12F2N2O3S/c19-12-5-3-6-13(9-12)21-16(23)10-22-17(24)15(26-18(22)25)8-11-4-1-2-7-14(11)20/h1-9H,10H2,(H,21,23)/b15-8+. The van der Waals surface area contributed by atoms with Gasteiger partial charge in [0.15, 0.2) is 0 Å². The van der Waals surface area contributed by atoms with E-state index in [1.54, 1.807) is 6.07 Å². The smallest absolute Gasteiger partial charge is 0.294 e. The number of thioether (sulfide) groups is 1. The second kappa shape index (κ2) is 7.49. The van der Waals surface area contributed by atoms with Crippen molar-refractivity contribution in [2.24, 2.45) is 0 Å². The van der Waals surface area contributed by atoms with Gasteiger partial charge in [-0.3, -0.25) is 19.3 Å². The van der Waals surface area contributed by atoms with Crippen molar-refractivity contribution < 1.29 is 23.2 Å². The van der Waals surface area contributed by atoms with Crippen LogP contribution in [0.5, 0.6) is 0 Å². The Morgan fingerprint density at radius 1 is 1.12 bits per heavy atom. The van der Waals surface area contributed by atoms with Crippen LogP contribution in [0.15, 0.2) is 53.4 Å². The van der Waals surface area contributed by atoms with Crippen LogP contribution in [0.2, 0.25) is 0 Å². The number of hydrogen-bond acceptors (Lipinski definition) is 4.